The van der Waals surface area contributed by atoms with E-state index in [-0.39, 0.29) is 17.4 Å². The van der Waals surface area contributed by atoms with Gasteiger partial charge in [-0.15, -0.1) is 0 Å². The number of halogens is 1. The molecule has 0 saturated carbocycles. The fraction of sp³-hybridized carbons (Fsp3) is 0.583. The Morgan fingerprint density at radius 1 is 1.44 bits per heavy atom. The molecule has 0 aromatic carbocycles. The number of rotatable bonds is 2. The Labute approximate surface area is 111 Å². The molecule has 1 atom stereocenters. The van der Waals surface area contributed by atoms with Gasteiger partial charge in [0.2, 0.25) is 5.91 Å². The van der Waals surface area contributed by atoms with Crippen molar-refractivity contribution in [2.24, 2.45) is 0 Å². The van der Waals surface area contributed by atoms with E-state index in [2.05, 4.69) is 20.6 Å². The molecule has 1 aromatic heterocycles. The molecule has 0 bridgehead atoms. The molecule has 1 aliphatic rings. The highest BCUT2D eigenvalue weighted by Crippen LogP contribution is 2.22. The van der Waals surface area contributed by atoms with E-state index in [0.717, 1.165) is 0 Å². The normalized spacial score (nSPS) is 19.8. The maximum Gasteiger partial charge on any atom is 0.222 e. The van der Waals surface area contributed by atoms with Crippen molar-refractivity contribution < 1.29 is 4.79 Å². The predicted molar refractivity (Wildman–Crippen MR) is 70.8 cm³/mol. The summed E-state index contributed by atoms with van der Waals surface area (Å²) in [5.74, 6) is 1.42. The molecule has 1 unspecified atom stereocenters. The Balaban J connectivity index is 2.18. The van der Waals surface area contributed by atoms with Crippen LogP contribution in [0.25, 0.3) is 0 Å². The summed E-state index contributed by atoms with van der Waals surface area (Å²) in [7, 11) is 0. The maximum absolute atomic E-state index is 11.1. The number of carbonyl (C=O) groups is 1. The fourth-order valence-corrected chi connectivity index (χ4v) is 1.93. The van der Waals surface area contributed by atoms with E-state index in [1.807, 2.05) is 20.8 Å². The standard InChI is InChI=1S/C12H17ClN4O/c1-12(2,3)11-16-8(13)5-9(17-11)15-7-4-10(18)14-6-7/h5,7H,4,6H2,1-3H3,(H,14,18)(H,15,16,17). The average Bonchev–Trinajstić information content (AvgIpc) is 2.61. The topological polar surface area (TPSA) is 66.9 Å². The smallest absolute Gasteiger partial charge is 0.222 e. The van der Waals surface area contributed by atoms with Gasteiger partial charge in [-0.05, 0) is 0 Å². The van der Waals surface area contributed by atoms with Crippen molar-refractivity contribution in [2.75, 3.05) is 11.9 Å². The fourth-order valence-electron chi connectivity index (χ4n) is 1.74. The number of aromatic nitrogens is 2. The number of nitrogens with one attached hydrogen (secondary N) is 2. The summed E-state index contributed by atoms with van der Waals surface area (Å²) in [5, 5.41) is 6.39. The number of hydrogen-bond acceptors (Lipinski definition) is 4. The SMILES string of the molecule is CC(C)(C)c1nc(Cl)cc(NC2CNC(=O)C2)n1. The first kappa shape index (κ1) is 13.1. The third-order valence-electron chi connectivity index (χ3n) is 2.70. The molecular weight excluding hydrogens is 252 g/mol. The molecule has 1 saturated heterocycles. The lowest BCUT2D eigenvalue weighted by Gasteiger charge is -2.19. The molecule has 2 N–H and O–H groups in total. The molecular formula is C12H17ClN4O. The van der Waals surface area contributed by atoms with Gasteiger partial charge in [-0.2, -0.15) is 0 Å². The van der Waals surface area contributed by atoms with E-state index in [0.29, 0.717) is 29.8 Å². The van der Waals surface area contributed by atoms with Gasteiger partial charge < -0.3 is 10.6 Å². The van der Waals surface area contributed by atoms with Crippen molar-refractivity contribution in [3.8, 4) is 0 Å². The molecule has 1 aromatic rings. The first-order valence-electron chi connectivity index (χ1n) is 5.93. The van der Waals surface area contributed by atoms with Crippen LogP contribution < -0.4 is 10.6 Å². The lowest BCUT2D eigenvalue weighted by Crippen LogP contribution is -2.24. The lowest BCUT2D eigenvalue weighted by molar-refractivity contribution is -0.119. The van der Waals surface area contributed by atoms with Crippen LogP contribution in [0.3, 0.4) is 0 Å². The molecule has 0 aliphatic carbocycles. The van der Waals surface area contributed by atoms with Gasteiger partial charge >= 0.3 is 0 Å². The summed E-state index contributed by atoms with van der Waals surface area (Å²) < 4.78 is 0. The predicted octanol–water partition coefficient (Wildman–Crippen LogP) is 1.73. The van der Waals surface area contributed by atoms with Gasteiger partial charge in [0.1, 0.15) is 16.8 Å². The number of carbonyl (C=O) groups excluding carboxylic acids is 1. The number of amides is 1. The summed E-state index contributed by atoms with van der Waals surface area (Å²) in [4.78, 5) is 19.8. The Morgan fingerprint density at radius 3 is 2.72 bits per heavy atom. The van der Waals surface area contributed by atoms with E-state index < -0.39 is 0 Å². The maximum atomic E-state index is 11.1. The molecule has 5 nitrogen and oxygen atoms in total. The van der Waals surface area contributed by atoms with E-state index in [1.165, 1.54) is 0 Å². The minimum absolute atomic E-state index is 0.0590. The Bertz CT molecular complexity index is 470. The van der Waals surface area contributed by atoms with Crippen LogP contribution >= 0.6 is 11.6 Å². The van der Waals surface area contributed by atoms with Crippen LogP contribution in [0.15, 0.2) is 6.07 Å². The van der Waals surface area contributed by atoms with Crippen LogP contribution in [0.5, 0.6) is 0 Å². The lowest BCUT2D eigenvalue weighted by atomic mass is 9.96. The van der Waals surface area contributed by atoms with Crippen molar-refractivity contribution in [2.45, 2.75) is 38.6 Å². The summed E-state index contributed by atoms with van der Waals surface area (Å²) in [6.07, 6.45) is 0.465. The second-order valence-corrected chi connectivity index (χ2v) is 5.89. The van der Waals surface area contributed by atoms with Crippen molar-refractivity contribution in [1.82, 2.24) is 15.3 Å². The van der Waals surface area contributed by atoms with Gasteiger partial charge in [-0.25, -0.2) is 9.97 Å². The second-order valence-electron chi connectivity index (χ2n) is 5.50. The van der Waals surface area contributed by atoms with Crippen molar-refractivity contribution in [1.29, 1.82) is 0 Å². The third-order valence-corrected chi connectivity index (χ3v) is 2.89. The highest BCUT2D eigenvalue weighted by atomic mass is 35.5. The zero-order valence-corrected chi connectivity index (χ0v) is 11.5. The van der Waals surface area contributed by atoms with Gasteiger partial charge in [-0.1, -0.05) is 32.4 Å². The quantitative estimate of drug-likeness (QED) is 0.802. The molecule has 6 heteroatoms. The molecule has 1 amide bonds. The number of hydrogen-bond donors (Lipinski definition) is 2. The minimum Gasteiger partial charge on any atom is -0.365 e. The van der Waals surface area contributed by atoms with Gasteiger partial charge in [-0.3, -0.25) is 4.79 Å². The van der Waals surface area contributed by atoms with Crippen LogP contribution in [-0.2, 0) is 10.2 Å². The van der Waals surface area contributed by atoms with Gasteiger partial charge in [0.15, 0.2) is 0 Å². The molecule has 0 radical (unpaired) electrons. The average molecular weight is 269 g/mol. The van der Waals surface area contributed by atoms with E-state index >= 15 is 0 Å². The molecule has 1 aliphatic heterocycles. The van der Waals surface area contributed by atoms with Crippen LogP contribution in [0.1, 0.15) is 33.0 Å². The van der Waals surface area contributed by atoms with Crippen molar-refractivity contribution in [3.05, 3.63) is 17.0 Å². The van der Waals surface area contributed by atoms with Crippen LogP contribution in [0.2, 0.25) is 5.15 Å². The monoisotopic (exact) mass is 268 g/mol. The highest BCUT2D eigenvalue weighted by molar-refractivity contribution is 6.29. The summed E-state index contributed by atoms with van der Waals surface area (Å²) in [6, 6.07) is 1.75. The molecule has 2 heterocycles. The van der Waals surface area contributed by atoms with Crippen molar-refractivity contribution >= 4 is 23.3 Å². The Hall–Kier alpha value is -1.36. The zero-order valence-electron chi connectivity index (χ0n) is 10.7. The van der Waals surface area contributed by atoms with Crippen molar-refractivity contribution in [3.63, 3.8) is 0 Å². The Kier molecular flexibility index (Phi) is 3.43. The van der Waals surface area contributed by atoms with Crippen LogP contribution in [-0.4, -0.2) is 28.5 Å². The number of anilines is 1. The van der Waals surface area contributed by atoms with Gasteiger partial charge in [0.25, 0.3) is 0 Å². The molecule has 0 spiro atoms. The second kappa shape index (κ2) is 4.72. The first-order valence-corrected chi connectivity index (χ1v) is 6.31. The molecule has 18 heavy (non-hydrogen) atoms. The van der Waals surface area contributed by atoms with E-state index in [9.17, 15) is 4.79 Å². The summed E-state index contributed by atoms with van der Waals surface area (Å²) in [6.45, 7) is 6.71. The first-order chi connectivity index (χ1) is 8.34. The van der Waals surface area contributed by atoms with Gasteiger partial charge in [0, 0.05) is 24.4 Å². The largest absolute Gasteiger partial charge is 0.365 e. The minimum atomic E-state index is -0.162. The van der Waals surface area contributed by atoms with Crippen LogP contribution in [0, 0.1) is 0 Å². The van der Waals surface area contributed by atoms with Gasteiger partial charge in [0.05, 0.1) is 6.04 Å². The summed E-state index contributed by atoms with van der Waals surface area (Å²) >= 11 is 6.00. The molecule has 1 fully saturated rings. The third kappa shape index (κ3) is 3.10. The zero-order chi connectivity index (χ0) is 13.3. The van der Waals surface area contributed by atoms with Crippen LogP contribution in [0.4, 0.5) is 5.82 Å². The Morgan fingerprint density at radius 2 is 2.17 bits per heavy atom. The number of nitrogens with zero attached hydrogens (tertiary/aromatic N) is 2. The molecule has 2 rings (SSSR count). The van der Waals surface area contributed by atoms with E-state index in [1.54, 1.807) is 6.07 Å². The highest BCUT2D eigenvalue weighted by Gasteiger charge is 2.23. The van der Waals surface area contributed by atoms with E-state index in [4.69, 9.17) is 11.6 Å². The summed E-state index contributed by atoms with van der Waals surface area (Å²) in [5.41, 5.74) is -0.162. The molecule has 98 valence electrons.